The molecule has 0 atom stereocenters. The highest BCUT2D eigenvalue weighted by atomic mass is 35.5. The quantitative estimate of drug-likeness (QED) is 0.174. The lowest BCUT2D eigenvalue weighted by atomic mass is 10.0. The van der Waals surface area contributed by atoms with E-state index in [-0.39, 0.29) is 36.9 Å². The number of hydrogen-bond donors (Lipinski definition) is 2. The number of hydrogen-bond acceptors (Lipinski definition) is 8. The predicted octanol–water partition coefficient (Wildman–Crippen LogP) is 5.98. The van der Waals surface area contributed by atoms with Crippen LogP contribution in [0.4, 0.5) is 0 Å². The molecule has 0 spiro atoms. The molecule has 13 heteroatoms. The average molecular weight is 701 g/mol. The van der Waals surface area contributed by atoms with Crippen molar-refractivity contribution in [2.75, 3.05) is 46.0 Å². The Morgan fingerprint density at radius 2 is 1.78 bits per heavy atom. The van der Waals surface area contributed by atoms with Gasteiger partial charge in [-0.3, -0.25) is 19.4 Å². The summed E-state index contributed by atoms with van der Waals surface area (Å²) in [7, 11) is 0. The van der Waals surface area contributed by atoms with E-state index in [9.17, 15) is 19.5 Å². The largest absolute Gasteiger partial charge is 0.492 e. The zero-order valence-corrected chi connectivity index (χ0v) is 27.8. The Hall–Kier alpha value is -3.45. The van der Waals surface area contributed by atoms with E-state index in [0.29, 0.717) is 56.0 Å². The molecule has 2 saturated heterocycles. The lowest BCUT2D eigenvalue weighted by molar-refractivity contribution is -0.123. The van der Waals surface area contributed by atoms with Gasteiger partial charge in [0, 0.05) is 44.7 Å². The van der Waals surface area contributed by atoms with Crippen molar-refractivity contribution in [1.82, 2.24) is 15.1 Å². The van der Waals surface area contributed by atoms with Gasteiger partial charge < -0.3 is 19.9 Å². The summed E-state index contributed by atoms with van der Waals surface area (Å²) in [5.74, 6) is -1.00. The molecule has 0 unspecified atom stereocenters. The van der Waals surface area contributed by atoms with Crippen LogP contribution in [0.3, 0.4) is 0 Å². The molecule has 0 radical (unpaired) electrons. The average Bonchev–Trinajstić information content (AvgIpc) is 3.32. The fourth-order valence-corrected chi connectivity index (χ4v) is 6.51. The Morgan fingerprint density at radius 3 is 2.54 bits per heavy atom. The smallest absolute Gasteiger partial charge is 0.335 e. The molecule has 3 aromatic rings. The molecule has 46 heavy (non-hydrogen) atoms. The van der Waals surface area contributed by atoms with Crippen molar-refractivity contribution in [2.24, 2.45) is 0 Å². The van der Waals surface area contributed by atoms with Crippen LogP contribution in [0.5, 0.6) is 5.75 Å². The number of aromatic carboxylic acids is 1. The van der Waals surface area contributed by atoms with Crippen LogP contribution in [-0.2, 0) is 20.9 Å². The summed E-state index contributed by atoms with van der Waals surface area (Å²) in [5.41, 5.74) is 3.23. The van der Waals surface area contributed by atoms with Gasteiger partial charge in [-0.25, -0.2) is 4.79 Å². The molecular formula is C33H31Cl2N3O6S2. The number of nitrogens with zero attached hydrogens (tertiary/aromatic N) is 2. The van der Waals surface area contributed by atoms with Gasteiger partial charge in [0.25, 0.3) is 5.91 Å². The second kappa shape index (κ2) is 15.9. The Balaban J connectivity index is 1.27. The van der Waals surface area contributed by atoms with Crippen LogP contribution in [0.2, 0.25) is 10.0 Å². The third kappa shape index (κ3) is 8.87. The zero-order chi connectivity index (χ0) is 32.6. The van der Waals surface area contributed by atoms with E-state index in [2.05, 4.69) is 10.2 Å². The van der Waals surface area contributed by atoms with E-state index in [0.717, 1.165) is 30.8 Å². The van der Waals surface area contributed by atoms with Gasteiger partial charge in [0.05, 0.1) is 33.7 Å². The minimum absolute atomic E-state index is 0.0288. The Bertz CT molecular complexity index is 1680. The third-order valence-electron chi connectivity index (χ3n) is 7.42. The number of carbonyl (C=O) groups is 3. The molecule has 2 aliphatic heterocycles. The number of amides is 2. The topological polar surface area (TPSA) is 108 Å². The van der Waals surface area contributed by atoms with E-state index >= 15 is 0 Å². The molecule has 0 bridgehead atoms. The highest BCUT2D eigenvalue weighted by molar-refractivity contribution is 8.26. The highest BCUT2D eigenvalue weighted by Crippen LogP contribution is 2.37. The molecule has 0 aromatic heterocycles. The Labute approximate surface area is 286 Å². The third-order valence-corrected chi connectivity index (χ3v) is 9.53. The van der Waals surface area contributed by atoms with Crippen LogP contribution in [0.1, 0.15) is 27.9 Å². The van der Waals surface area contributed by atoms with Gasteiger partial charge in [-0.05, 0) is 59.2 Å². The molecule has 2 fully saturated rings. The molecule has 2 amide bonds. The van der Waals surface area contributed by atoms with Crippen molar-refractivity contribution in [3.63, 3.8) is 0 Å². The lowest BCUT2D eigenvalue weighted by Crippen LogP contribution is -2.38. The predicted molar refractivity (Wildman–Crippen MR) is 184 cm³/mol. The normalized spacial score (nSPS) is 16.2. The maximum atomic E-state index is 13.5. The van der Waals surface area contributed by atoms with Gasteiger partial charge in [0.2, 0.25) is 5.91 Å². The minimum atomic E-state index is -1.04. The number of halogens is 2. The van der Waals surface area contributed by atoms with Gasteiger partial charge in [0.1, 0.15) is 16.7 Å². The number of carboxylic acids is 1. The number of benzene rings is 3. The number of thioether (sulfide) groups is 1. The molecule has 5 rings (SSSR count). The summed E-state index contributed by atoms with van der Waals surface area (Å²) < 4.78 is 12.0. The number of carbonyl (C=O) groups excluding carboxylic acids is 2. The molecule has 0 saturated carbocycles. The van der Waals surface area contributed by atoms with E-state index in [4.69, 9.17) is 44.9 Å². The van der Waals surface area contributed by atoms with Crippen molar-refractivity contribution >= 4 is 75.4 Å². The summed E-state index contributed by atoms with van der Waals surface area (Å²) >= 11 is 19.1. The van der Waals surface area contributed by atoms with E-state index in [1.54, 1.807) is 30.3 Å². The molecule has 2 N–H and O–H groups in total. The van der Waals surface area contributed by atoms with E-state index < -0.39 is 5.97 Å². The van der Waals surface area contributed by atoms with E-state index in [1.165, 1.54) is 28.8 Å². The van der Waals surface area contributed by atoms with Gasteiger partial charge in [-0.15, -0.1) is 0 Å². The summed E-state index contributed by atoms with van der Waals surface area (Å²) in [6.07, 6.45) is 1.79. The summed E-state index contributed by atoms with van der Waals surface area (Å²) in [6, 6.07) is 17.5. The summed E-state index contributed by atoms with van der Waals surface area (Å²) in [5, 5.41) is 12.8. The summed E-state index contributed by atoms with van der Waals surface area (Å²) in [4.78, 5) is 41.4. The number of morpholine rings is 1. The maximum absolute atomic E-state index is 13.5. The molecule has 3 aromatic carbocycles. The molecule has 2 heterocycles. The number of thiocarbonyl (C=S) groups is 1. The van der Waals surface area contributed by atoms with Gasteiger partial charge >= 0.3 is 5.97 Å². The SMILES string of the molecule is O=C(CCN1C(=O)/C(=C/c2cc(-c3ccc(Cl)c(Cl)c3)ccc2OCCN2CCOCC2)SC1=S)NCc1cccc(C(=O)O)c1. The maximum Gasteiger partial charge on any atom is 0.335 e. The lowest BCUT2D eigenvalue weighted by Gasteiger charge is -2.26. The van der Waals surface area contributed by atoms with Crippen molar-refractivity contribution in [3.05, 3.63) is 92.3 Å². The minimum Gasteiger partial charge on any atom is -0.492 e. The molecule has 2 aliphatic rings. The van der Waals surface area contributed by atoms with Gasteiger partial charge in [-0.2, -0.15) is 0 Å². The second-order valence-corrected chi connectivity index (χ2v) is 13.0. The number of rotatable bonds is 12. The van der Waals surface area contributed by atoms with E-state index in [1.807, 2.05) is 24.3 Å². The first-order valence-electron chi connectivity index (χ1n) is 14.5. The fourth-order valence-electron chi connectivity index (χ4n) is 4.91. The van der Waals surface area contributed by atoms with Crippen molar-refractivity contribution in [3.8, 4) is 16.9 Å². The zero-order valence-electron chi connectivity index (χ0n) is 24.7. The molecular weight excluding hydrogens is 669 g/mol. The standard InChI is InChI=1S/C33H31Cl2N3O6S2/c34-26-6-4-23(18-27(26)35)22-5-7-28(44-15-12-37-10-13-43-14-11-37)25(17-22)19-29-31(40)38(33(45)46-29)9-8-30(39)36-20-21-2-1-3-24(16-21)32(41)42/h1-7,16-19H,8-15,20H2,(H,36,39)(H,41,42)/b29-19-. The molecule has 9 nitrogen and oxygen atoms in total. The first kappa shape index (κ1) is 33.9. The van der Waals surface area contributed by atoms with Crippen molar-refractivity contribution in [1.29, 1.82) is 0 Å². The van der Waals surface area contributed by atoms with Crippen LogP contribution >= 0.6 is 47.2 Å². The number of ether oxygens (including phenoxy) is 2. The van der Waals surface area contributed by atoms with Crippen LogP contribution in [0.25, 0.3) is 17.2 Å². The van der Waals surface area contributed by atoms with Crippen LogP contribution in [-0.4, -0.2) is 83.0 Å². The Morgan fingerprint density at radius 1 is 1.02 bits per heavy atom. The Kier molecular flexibility index (Phi) is 11.7. The summed E-state index contributed by atoms with van der Waals surface area (Å²) in [6.45, 7) is 4.59. The fraction of sp³-hybridized carbons (Fsp3) is 0.273. The van der Waals surface area contributed by atoms with Crippen molar-refractivity contribution < 1.29 is 29.0 Å². The molecule has 0 aliphatic carbocycles. The second-order valence-electron chi connectivity index (χ2n) is 10.5. The monoisotopic (exact) mass is 699 g/mol. The van der Waals surface area contributed by atoms with Crippen LogP contribution in [0, 0.1) is 0 Å². The van der Waals surface area contributed by atoms with Crippen LogP contribution in [0.15, 0.2) is 65.6 Å². The van der Waals surface area contributed by atoms with Gasteiger partial charge in [0.15, 0.2) is 0 Å². The number of carboxylic acid groups (broad SMARTS) is 1. The van der Waals surface area contributed by atoms with Gasteiger partial charge in [-0.1, -0.05) is 71.4 Å². The first-order chi connectivity index (χ1) is 22.2. The number of nitrogens with one attached hydrogen (secondary N) is 1. The molecule has 240 valence electrons. The highest BCUT2D eigenvalue weighted by Gasteiger charge is 2.32. The first-order valence-corrected chi connectivity index (χ1v) is 16.5. The van der Waals surface area contributed by atoms with Crippen molar-refractivity contribution in [2.45, 2.75) is 13.0 Å². The van der Waals surface area contributed by atoms with Crippen LogP contribution < -0.4 is 10.1 Å².